The Bertz CT molecular complexity index is 112. The third-order valence-corrected chi connectivity index (χ3v) is 2.84. The van der Waals surface area contributed by atoms with Crippen molar-refractivity contribution in [2.45, 2.75) is 37.4 Å². The van der Waals surface area contributed by atoms with Gasteiger partial charge < -0.3 is 4.55 Å². The molecular weight excluding hydrogens is 143 g/mol. The molecule has 0 N–H and O–H groups in total. The Labute approximate surface area is 76.2 Å². The van der Waals surface area contributed by atoms with Gasteiger partial charge >= 0.3 is 18.9 Å². The molecule has 1 rings (SSSR count). The first-order valence-electron chi connectivity index (χ1n) is 3.39. The summed E-state index contributed by atoms with van der Waals surface area (Å²) >= 11 is -1.80. The van der Waals surface area contributed by atoms with Crippen LogP contribution >= 0.6 is 0 Å². The Morgan fingerprint density at radius 2 is 1.70 bits per heavy atom. The average Bonchev–Trinajstić information content (AvgIpc) is 1.90. The molecule has 0 aromatic carbocycles. The van der Waals surface area contributed by atoms with E-state index in [2.05, 4.69) is 0 Å². The number of rotatable bonds is 1. The molecule has 4 heteroatoms. The fourth-order valence-corrected chi connectivity index (χ4v) is 1.98. The Kier molecular flexibility index (Phi) is 5.75. The summed E-state index contributed by atoms with van der Waals surface area (Å²) in [7, 11) is 0. The van der Waals surface area contributed by atoms with Crippen molar-refractivity contribution in [1.29, 1.82) is 0 Å². The molecule has 1 aliphatic rings. The first-order valence-corrected chi connectivity index (χ1v) is 4.52. The SMILES string of the molecule is O=S([O-])C1CCCCC1.[Li+]. The van der Waals surface area contributed by atoms with Crippen LogP contribution in [0.25, 0.3) is 0 Å². The average molecular weight is 154 g/mol. The van der Waals surface area contributed by atoms with E-state index in [9.17, 15) is 8.76 Å². The van der Waals surface area contributed by atoms with Crippen molar-refractivity contribution in [1.82, 2.24) is 0 Å². The van der Waals surface area contributed by atoms with Gasteiger partial charge in [0, 0.05) is 5.25 Å². The Morgan fingerprint density at radius 3 is 2.00 bits per heavy atom. The molecule has 1 unspecified atom stereocenters. The van der Waals surface area contributed by atoms with Crippen molar-refractivity contribution in [2.75, 3.05) is 0 Å². The van der Waals surface area contributed by atoms with Crippen molar-refractivity contribution in [3.8, 4) is 0 Å². The summed E-state index contributed by atoms with van der Waals surface area (Å²) in [5.41, 5.74) is 0. The minimum absolute atomic E-state index is 0. The van der Waals surface area contributed by atoms with Crippen LogP contribution < -0.4 is 18.9 Å². The molecule has 0 aliphatic heterocycles. The van der Waals surface area contributed by atoms with E-state index in [1.165, 1.54) is 6.42 Å². The van der Waals surface area contributed by atoms with E-state index in [4.69, 9.17) is 0 Å². The van der Waals surface area contributed by atoms with Crippen molar-refractivity contribution in [2.24, 2.45) is 0 Å². The minimum Gasteiger partial charge on any atom is -0.772 e. The molecular formula is C6H11LiO2S. The van der Waals surface area contributed by atoms with Gasteiger partial charge in [-0.2, -0.15) is 0 Å². The first-order chi connectivity index (χ1) is 4.30. The molecule has 2 nitrogen and oxygen atoms in total. The molecule has 0 saturated heterocycles. The van der Waals surface area contributed by atoms with E-state index in [-0.39, 0.29) is 24.1 Å². The van der Waals surface area contributed by atoms with Gasteiger partial charge in [0.2, 0.25) is 0 Å². The summed E-state index contributed by atoms with van der Waals surface area (Å²) in [4.78, 5) is 0. The van der Waals surface area contributed by atoms with Crippen LogP contribution in [0.1, 0.15) is 32.1 Å². The molecule has 1 aliphatic carbocycles. The fourth-order valence-electron chi connectivity index (χ4n) is 1.26. The van der Waals surface area contributed by atoms with E-state index >= 15 is 0 Å². The zero-order valence-electron chi connectivity index (χ0n) is 6.34. The zero-order chi connectivity index (χ0) is 6.69. The maximum atomic E-state index is 10.4. The van der Waals surface area contributed by atoms with Gasteiger partial charge in [0.1, 0.15) is 0 Å². The molecule has 0 aromatic heterocycles. The Hall–Kier alpha value is 0.707. The molecule has 0 heterocycles. The largest absolute Gasteiger partial charge is 1.00 e. The van der Waals surface area contributed by atoms with Crippen LogP contribution in [0.15, 0.2) is 0 Å². The molecule has 0 aromatic rings. The summed E-state index contributed by atoms with van der Waals surface area (Å²) < 4.78 is 20.7. The topological polar surface area (TPSA) is 40.1 Å². The summed E-state index contributed by atoms with van der Waals surface area (Å²) in [6.07, 6.45) is 5.18. The summed E-state index contributed by atoms with van der Waals surface area (Å²) in [5, 5.41) is -0.0289. The normalized spacial score (nSPS) is 23.3. The molecule has 1 saturated carbocycles. The van der Waals surface area contributed by atoms with Crippen molar-refractivity contribution >= 4 is 11.1 Å². The molecule has 1 fully saturated rings. The predicted octanol–water partition coefficient (Wildman–Crippen LogP) is -1.80. The third kappa shape index (κ3) is 3.20. The van der Waals surface area contributed by atoms with Gasteiger partial charge in [-0.15, -0.1) is 0 Å². The second-order valence-electron chi connectivity index (χ2n) is 2.52. The molecule has 0 bridgehead atoms. The van der Waals surface area contributed by atoms with Gasteiger partial charge in [-0.3, -0.25) is 4.21 Å². The third-order valence-electron chi connectivity index (χ3n) is 1.82. The quantitative estimate of drug-likeness (QED) is 0.330. The van der Waals surface area contributed by atoms with Gasteiger partial charge in [-0.05, 0) is 12.8 Å². The molecule has 54 valence electrons. The van der Waals surface area contributed by atoms with E-state index in [1.54, 1.807) is 0 Å². The zero-order valence-corrected chi connectivity index (χ0v) is 7.15. The van der Waals surface area contributed by atoms with Crippen LogP contribution in [0.3, 0.4) is 0 Å². The standard InChI is InChI=1S/C6H12O2S.Li/c7-9(8)6-4-2-1-3-5-6;/h6H,1-5H2,(H,7,8);/q;+1/p-1. The second-order valence-corrected chi connectivity index (χ2v) is 3.71. The second kappa shape index (κ2) is 5.37. The Morgan fingerprint density at radius 1 is 1.20 bits per heavy atom. The van der Waals surface area contributed by atoms with E-state index in [0.717, 1.165) is 25.7 Å². The summed E-state index contributed by atoms with van der Waals surface area (Å²) in [6.45, 7) is 0. The van der Waals surface area contributed by atoms with Crippen LogP contribution in [0.5, 0.6) is 0 Å². The van der Waals surface area contributed by atoms with Crippen LogP contribution in [0.2, 0.25) is 0 Å². The molecule has 10 heavy (non-hydrogen) atoms. The summed E-state index contributed by atoms with van der Waals surface area (Å²) in [6, 6.07) is 0. The molecule has 0 radical (unpaired) electrons. The van der Waals surface area contributed by atoms with Crippen LogP contribution in [-0.2, 0) is 11.1 Å². The van der Waals surface area contributed by atoms with Gasteiger partial charge in [0.15, 0.2) is 0 Å². The molecule has 1 atom stereocenters. The van der Waals surface area contributed by atoms with E-state index < -0.39 is 11.1 Å². The van der Waals surface area contributed by atoms with Gasteiger partial charge in [0.25, 0.3) is 0 Å². The van der Waals surface area contributed by atoms with E-state index in [0.29, 0.717) is 0 Å². The van der Waals surface area contributed by atoms with Crippen LogP contribution in [0, 0.1) is 0 Å². The van der Waals surface area contributed by atoms with E-state index in [1.807, 2.05) is 0 Å². The van der Waals surface area contributed by atoms with Crippen LogP contribution in [0.4, 0.5) is 0 Å². The van der Waals surface area contributed by atoms with Crippen molar-refractivity contribution in [3.63, 3.8) is 0 Å². The maximum absolute atomic E-state index is 10.4. The summed E-state index contributed by atoms with van der Waals surface area (Å²) in [5.74, 6) is 0. The van der Waals surface area contributed by atoms with Gasteiger partial charge in [-0.25, -0.2) is 0 Å². The monoisotopic (exact) mass is 154 g/mol. The van der Waals surface area contributed by atoms with Crippen molar-refractivity contribution < 1.29 is 27.6 Å². The smallest absolute Gasteiger partial charge is 0.772 e. The Balaban J connectivity index is 0.000000810. The van der Waals surface area contributed by atoms with Crippen molar-refractivity contribution in [3.05, 3.63) is 0 Å². The fraction of sp³-hybridized carbons (Fsp3) is 1.00. The van der Waals surface area contributed by atoms with Gasteiger partial charge in [-0.1, -0.05) is 30.3 Å². The molecule has 0 spiro atoms. The van der Waals surface area contributed by atoms with Crippen LogP contribution in [-0.4, -0.2) is 14.0 Å². The number of hydrogen-bond acceptors (Lipinski definition) is 2. The maximum Gasteiger partial charge on any atom is 1.00 e. The number of hydrogen-bond donors (Lipinski definition) is 0. The minimum atomic E-state index is -1.80. The molecule has 0 amide bonds. The predicted molar refractivity (Wildman–Crippen MR) is 35.8 cm³/mol. The first kappa shape index (κ1) is 10.7. The van der Waals surface area contributed by atoms with Gasteiger partial charge in [0.05, 0.1) is 0 Å².